The van der Waals surface area contributed by atoms with Crippen molar-refractivity contribution in [2.45, 2.75) is 19.3 Å². The number of nitrogens with one attached hydrogen (secondary N) is 1. The van der Waals surface area contributed by atoms with Crippen molar-refractivity contribution in [2.24, 2.45) is 10.9 Å². The van der Waals surface area contributed by atoms with Crippen molar-refractivity contribution >= 4 is 17.6 Å². The molecule has 1 aromatic rings. The van der Waals surface area contributed by atoms with E-state index in [4.69, 9.17) is 0 Å². The van der Waals surface area contributed by atoms with Crippen molar-refractivity contribution in [2.75, 3.05) is 77.4 Å². The summed E-state index contributed by atoms with van der Waals surface area (Å²) in [5, 5.41) is 3.50. The third-order valence-corrected chi connectivity index (χ3v) is 6.83. The van der Waals surface area contributed by atoms with Crippen LogP contribution in [0.2, 0.25) is 0 Å². The summed E-state index contributed by atoms with van der Waals surface area (Å²) in [6, 6.07) is 6.73. The smallest absolute Gasteiger partial charge is 0.225 e. The molecule has 0 unspecified atom stereocenters. The van der Waals surface area contributed by atoms with Gasteiger partial charge in [0.2, 0.25) is 5.91 Å². The average molecular weight is 431 g/mol. The number of anilines is 1. The van der Waals surface area contributed by atoms with Gasteiger partial charge in [0, 0.05) is 84.1 Å². The van der Waals surface area contributed by atoms with Crippen molar-refractivity contribution in [1.29, 1.82) is 0 Å². The van der Waals surface area contributed by atoms with Crippen LogP contribution in [0.5, 0.6) is 0 Å². The summed E-state index contributed by atoms with van der Waals surface area (Å²) < 4.78 is 13.2. The highest BCUT2D eigenvalue weighted by molar-refractivity contribution is 5.80. The number of aliphatic imine (C=N–C) groups is 1. The van der Waals surface area contributed by atoms with Crippen LogP contribution in [0.15, 0.2) is 29.3 Å². The zero-order valence-electron chi connectivity index (χ0n) is 18.6. The van der Waals surface area contributed by atoms with Crippen LogP contribution in [0.3, 0.4) is 0 Å². The molecule has 2 saturated heterocycles. The van der Waals surface area contributed by atoms with Crippen LogP contribution in [-0.2, 0) is 4.79 Å². The number of piperazine rings is 2. The molecule has 0 radical (unpaired) electrons. The third-order valence-electron chi connectivity index (χ3n) is 6.83. The first-order valence-corrected chi connectivity index (χ1v) is 11.6. The van der Waals surface area contributed by atoms with E-state index >= 15 is 0 Å². The van der Waals surface area contributed by atoms with Crippen molar-refractivity contribution in [3.63, 3.8) is 0 Å². The van der Waals surface area contributed by atoms with Gasteiger partial charge in [0.25, 0.3) is 0 Å². The molecule has 0 aromatic heterocycles. The number of hydrogen-bond acceptors (Lipinski definition) is 4. The second-order valence-corrected chi connectivity index (χ2v) is 8.72. The molecule has 0 atom stereocenters. The maximum absolute atomic E-state index is 13.2. The number of nitrogens with zero attached hydrogens (tertiary/aromatic N) is 5. The largest absolute Gasteiger partial charge is 0.368 e. The lowest BCUT2D eigenvalue weighted by Crippen LogP contribution is -2.54. The number of amides is 1. The number of guanidine groups is 1. The normalized spacial score (nSPS) is 21.2. The Morgan fingerprint density at radius 2 is 1.65 bits per heavy atom. The van der Waals surface area contributed by atoms with Gasteiger partial charge in [0.1, 0.15) is 5.82 Å². The zero-order valence-corrected chi connectivity index (χ0v) is 18.6. The Morgan fingerprint density at radius 1 is 1.00 bits per heavy atom. The predicted octanol–water partition coefficient (Wildman–Crippen LogP) is 1.47. The van der Waals surface area contributed by atoms with Crippen LogP contribution >= 0.6 is 0 Å². The SMILES string of the molecule is CN=C(NCCN1CCN(C(=O)C2CCC2)CC1)N1CCN(c2ccc(F)cc2)CC1. The van der Waals surface area contributed by atoms with E-state index in [0.29, 0.717) is 11.8 Å². The molecular weight excluding hydrogens is 395 g/mol. The zero-order chi connectivity index (χ0) is 21.6. The van der Waals surface area contributed by atoms with Gasteiger partial charge in [0.05, 0.1) is 0 Å². The molecule has 1 amide bonds. The van der Waals surface area contributed by atoms with Gasteiger partial charge in [-0.15, -0.1) is 0 Å². The van der Waals surface area contributed by atoms with Crippen LogP contribution in [0.25, 0.3) is 0 Å². The summed E-state index contributed by atoms with van der Waals surface area (Å²) in [6.45, 7) is 8.99. The first-order valence-electron chi connectivity index (χ1n) is 11.6. The van der Waals surface area contributed by atoms with E-state index in [9.17, 15) is 9.18 Å². The van der Waals surface area contributed by atoms with Gasteiger partial charge in [-0.05, 0) is 37.1 Å². The molecule has 7 nitrogen and oxygen atoms in total. The minimum atomic E-state index is -0.196. The number of hydrogen-bond donors (Lipinski definition) is 1. The molecule has 1 aromatic carbocycles. The summed E-state index contributed by atoms with van der Waals surface area (Å²) in [6.07, 6.45) is 3.38. The van der Waals surface area contributed by atoms with Gasteiger partial charge in [-0.25, -0.2) is 4.39 Å². The van der Waals surface area contributed by atoms with Crippen LogP contribution in [0.4, 0.5) is 10.1 Å². The molecule has 0 bridgehead atoms. The Balaban J connectivity index is 1.15. The van der Waals surface area contributed by atoms with Gasteiger partial charge in [-0.1, -0.05) is 6.42 Å². The molecule has 8 heteroatoms. The summed E-state index contributed by atoms with van der Waals surface area (Å²) >= 11 is 0. The molecule has 2 aliphatic heterocycles. The Bertz CT molecular complexity index is 750. The Labute approximate surface area is 184 Å². The molecule has 1 saturated carbocycles. The van der Waals surface area contributed by atoms with Gasteiger partial charge < -0.3 is 20.0 Å². The van der Waals surface area contributed by atoms with Gasteiger partial charge in [0.15, 0.2) is 5.96 Å². The molecule has 3 aliphatic rings. The quantitative estimate of drug-likeness (QED) is 0.566. The van der Waals surface area contributed by atoms with Crippen molar-refractivity contribution in [1.82, 2.24) is 20.0 Å². The summed E-state index contributed by atoms with van der Waals surface area (Å²) in [7, 11) is 1.83. The highest BCUT2D eigenvalue weighted by Crippen LogP contribution is 2.28. The number of carbonyl (C=O) groups excluding carboxylic acids is 1. The standard InChI is InChI=1S/C23H35FN6O/c1-25-23(30-17-15-28(16-18-30)21-7-5-20(24)6-8-21)26-9-10-27-11-13-29(14-12-27)22(31)19-3-2-4-19/h5-8,19H,2-4,9-18H2,1H3,(H,25,26). The van der Waals surface area contributed by atoms with E-state index in [2.05, 4.69) is 29.9 Å². The molecular formula is C23H35FN6O. The fraction of sp³-hybridized carbons (Fsp3) is 0.652. The van der Waals surface area contributed by atoms with E-state index in [-0.39, 0.29) is 5.82 Å². The summed E-state index contributed by atoms with van der Waals surface area (Å²) in [5.41, 5.74) is 1.07. The average Bonchev–Trinajstić information content (AvgIpc) is 2.77. The predicted molar refractivity (Wildman–Crippen MR) is 122 cm³/mol. The first-order chi connectivity index (χ1) is 15.1. The van der Waals surface area contributed by atoms with Crippen LogP contribution < -0.4 is 10.2 Å². The van der Waals surface area contributed by atoms with E-state index < -0.39 is 0 Å². The van der Waals surface area contributed by atoms with Gasteiger partial charge in [-0.2, -0.15) is 0 Å². The second-order valence-electron chi connectivity index (χ2n) is 8.72. The molecule has 2 heterocycles. The molecule has 0 spiro atoms. The van der Waals surface area contributed by atoms with Crippen molar-refractivity contribution in [3.8, 4) is 0 Å². The van der Waals surface area contributed by atoms with Crippen molar-refractivity contribution in [3.05, 3.63) is 30.1 Å². The highest BCUT2D eigenvalue weighted by atomic mass is 19.1. The number of halogens is 1. The molecule has 1 N–H and O–H groups in total. The van der Waals surface area contributed by atoms with Crippen molar-refractivity contribution < 1.29 is 9.18 Å². The maximum atomic E-state index is 13.2. The fourth-order valence-electron chi connectivity index (χ4n) is 4.59. The third kappa shape index (κ3) is 5.47. The first kappa shape index (κ1) is 21.9. The van der Waals surface area contributed by atoms with E-state index in [1.54, 1.807) is 0 Å². The van der Waals surface area contributed by atoms with Crippen LogP contribution in [0, 0.1) is 11.7 Å². The molecule has 3 fully saturated rings. The lowest BCUT2D eigenvalue weighted by molar-refractivity contribution is -0.139. The Morgan fingerprint density at radius 3 is 2.23 bits per heavy atom. The minimum Gasteiger partial charge on any atom is -0.368 e. The molecule has 1 aliphatic carbocycles. The molecule has 4 rings (SSSR count). The number of benzene rings is 1. The molecule has 31 heavy (non-hydrogen) atoms. The summed E-state index contributed by atoms with van der Waals surface area (Å²) in [5.74, 6) is 1.43. The minimum absolute atomic E-state index is 0.196. The summed E-state index contributed by atoms with van der Waals surface area (Å²) in [4.78, 5) is 25.9. The highest BCUT2D eigenvalue weighted by Gasteiger charge is 2.31. The Hall–Kier alpha value is -2.35. The maximum Gasteiger partial charge on any atom is 0.225 e. The van der Waals surface area contributed by atoms with E-state index in [0.717, 1.165) is 89.9 Å². The monoisotopic (exact) mass is 430 g/mol. The van der Waals surface area contributed by atoms with Gasteiger partial charge in [-0.3, -0.25) is 14.7 Å². The second kappa shape index (κ2) is 10.3. The molecule has 170 valence electrons. The lowest BCUT2D eigenvalue weighted by Gasteiger charge is -2.39. The van der Waals surface area contributed by atoms with Crippen LogP contribution in [-0.4, -0.2) is 99.1 Å². The fourth-order valence-corrected chi connectivity index (χ4v) is 4.59. The number of rotatable bonds is 5. The van der Waals surface area contributed by atoms with Crippen LogP contribution in [0.1, 0.15) is 19.3 Å². The number of carbonyl (C=O) groups is 1. The Kier molecular flexibility index (Phi) is 7.27. The van der Waals surface area contributed by atoms with E-state index in [1.807, 2.05) is 19.2 Å². The van der Waals surface area contributed by atoms with E-state index in [1.165, 1.54) is 18.6 Å². The van der Waals surface area contributed by atoms with Gasteiger partial charge >= 0.3 is 0 Å². The lowest BCUT2D eigenvalue weighted by atomic mass is 9.84. The topological polar surface area (TPSA) is 54.4 Å².